The summed E-state index contributed by atoms with van der Waals surface area (Å²) >= 11 is 3.23. The monoisotopic (exact) mass is 351 g/mol. The quantitative estimate of drug-likeness (QED) is 0.851. The molecule has 1 aliphatic carbocycles. The zero-order chi connectivity index (χ0) is 13.6. The molecule has 0 aliphatic heterocycles. The Bertz CT molecular complexity index is 611. The summed E-state index contributed by atoms with van der Waals surface area (Å²) in [6.45, 7) is 1.95. The fourth-order valence-electron chi connectivity index (χ4n) is 1.48. The molecule has 0 saturated heterocycles. The van der Waals surface area contributed by atoms with Crippen LogP contribution < -0.4 is 5.32 Å². The van der Waals surface area contributed by atoms with Gasteiger partial charge in [-0.05, 0) is 53.9 Å². The molecule has 1 aromatic rings. The topological polar surface area (TPSA) is 63.2 Å². The van der Waals surface area contributed by atoms with Crippen LogP contribution in [-0.4, -0.2) is 19.9 Å². The van der Waals surface area contributed by atoms with Gasteiger partial charge < -0.3 is 5.32 Å². The second kappa shape index (κ2) is 4.51. The molecule has 1 aromatic carbocycles. The Morgan fingerprint density at radius 3 is 2.56 bits per heavy atom. The molecule has 0 spiro atoms. The summed E-state index contributed by atoms with van der Waals surface area (Å²) in [6.07, 6.45) is 1.87. The van der Waals surface area contributed by atoms with Gasteiger partial charge in [0, 0.05) is 20.7 Å². The van der Waals surface area contributed by atoms with E-state index in [1.54, 1.807) is 0 Å². The number of nitrogens with one attached hydrogen (secondary N) is 1. The van der Waals surface area contributed by atoms with Crippen molar-refractivity contribution in [3.63, 3.8) is 0 Å². The van der Waals surface area contributed by atoms with Gasteiger partial charge in [-0.15, -0.1) is 0 Å². The van der Waals surface area contributed by atoms with Gasteiger partial charge in [-0.25, -0.2) is 8.42 Å². The Kier molecular flexibility index (Phi) is 3.46. The average molecular weight is 353 g/mol. The van der Waals surface area contributed by atoms with Crippen LogP contribution >= 0.6 is 26.6 Å². The minimum absolute atomic E-state index is 0.0848. The van der Waals surface area contributed by atoms with Crippen molar-refractivity contribution in [3.8, 4) is 0 Å². The molecule has 1 amide bonds. The number of halogens is 2. The maximum Gasteiger partial charge on any atom is 0.261 e. The molecular formula is C11H11BrClNO3S. The summed E-state index contributed by atoms with van der Waals surface area (Å²) in [7, 11) is 1.43. The molecule has 4 nitrogen and oxygen atoms in total. The van der Waals surface area contributed by atoms with Crippen LogP contribution in [0, 0.1) is 0 Å². The molecular weight excluding hydrogens is 342 g/mol. The Morgan fingerprint density at radius 1 is 1.44 bits per heavy atom. The molecule has 1 N–H and O–H groups in total. The zero-order valence-electron chi connectivity index (χ0n) is 9.54. The van der Waals surface area contributed by atoms with Gasteiger partial charge in [-0.1, -0.05) is 0 Å². The van der Waals surface area contributed by atoms with Crippen LogP contribution in [0.1, 0.15) is 30.1 Å². The van der Waals surface area contributed by atoms with E-state index in [4.69, 9.17) is 10.7 Å². The average Bonchev–Trinajstić information content (AvgIpc) is 2.94. The van der Waals surface area contributed by atoms with Crippen LogP contribution in [0.4, 0.5) is 0 Å². The van der Waals surface area contributed by atoms with Gasteiger partial charge in [-0.3, -0.25) is 4.79 Å². The number of rotatable bonds is 3. The second-order valence-corrected chi connectivity index (χ2v) is 8.01. The number of hydrogen-bond acceptors (Lipinski definition) is 3. The van der Waals surface area contributed by atoms with E-state index < -0.39 is 9.05 Å². The predicted molar refractivity (Wildman–Crippen MR) is 72.3 cm³/mol. The summed E-state index contributed by atoms with van der Waals surface area (Å²) in [4.78, 5) is 11.9. The third-order valence-corrected chi connectivity index (χ3v) is 4.92. The summed E-state index contributed by atoms with van der Waals surface area (Å²) in [6, 6.07) is 4.12. The van der Waals surface area contributed by atoms with E-state index in [-0.39, 0.29) is 21.9 Å². The molecule has 0 unspecified atom stereocenters. The van der Waals surface area contributed by atoms with Crippen LogP contribution in [0.25, 0.3) is 0 Å². The highest BCUT2D eigenvalue weighted by molar-refractivity contribution is 9.10. The van der Waals surface area contributed by atoms with Crippen molar-refractivity contribution in [3.05, 3.63) is 28.2 Å². The molecule has 0 aromatic heterocycles. The Labute approximate surface area is 118 Å². The van der Waals surface area contributed by atoms with E-state index in [0.717, 1.165) is 12.8 Å². The van der Waals surface area contributed by atoms with Crippen molar-refractivity contribution in [2.75, 3.05) is 0 Å². The molecule has 2 rings (SSSR count). The smallest absolute Gasteiger partial charge is 0.261 e. The van der Waals surface area contributed by atoms with Crippen molar-refractivity contribution < 1.29 is 13.2 Å². The SMILES string of the molecule is CC1(NC(=O)c2cc(S(=O)(=O)Cl)ccc2Br)CC1. The van der Waals surface area contributed by atoms with E-state index in [1.165, 1.54) is 18.2 Å². The van der Waals surface area contributed by atoms with Gasteiger partial charge in [0.15, 0.2) is 0 Å². The first-order valence-electron chi connectivity index (χ1n) is 5.28. The maximum absolute atomic E-state index is 12.0. The standard InChI is InChI=1S/C11H11BrClNO3S/c1-11(4-5-11)14-10(15)8-6-7(18(13,16)17)2-3-9(8)12/h2-3,6H,4-5H2,1H3,(H,14,15). The lowest BCUT2D eigenvalue weighted by atomic mass is 10.2. The highest BCUT2D eigenvalue weighted by Gasteiger charge is 2.39. The number of carbonyl (C=O) groups is 1. The molecule has 98 valence electrons. The zero-order valence-corrected chi connectivity index (χ0v) is 12.7. The summed E-state index contributed by atoms with van der Waals surface area (Å²) in [5, 5.41) is 2.86. The third kappa shape index (κ3) is 3.05. The molecule has 1 aliphatic rings. The first kappa shape index (κ1) is 13.8. The van der Waals surface area contributed by atoms with Gasteiger partial charge in [0.25, 0.3) is 15.0 Å². The van der Waals surface area contributed by atoms with Gasteiger partial charge in [0.1, 0.15) is 0 Å². The van der Waals surface area contributed by atoms with Crippen molar-refractivity contribution in [2.45, 2.75) is 30.2 Å². The predicted octanol–water partition coefficient (Wildman–Crippen LogP) is 2.66. The maximum atomic E-state index is 12.0. The molecule has 0 heterocycles. The minimum Gasteiger partial charge on any atom is -0.347 e. The highest BCUT2D eigenvalue weighted by Crippen LogP contribution is 2.35. The van der Waals surface area contributed by atoms with Gasteiger partial charge >= 0.3 is 0 Å². The van der Waals surface area contributed by atoms with E-state index in [0.29, 0.717) is 4.47 Å². The summed E-state index contributed by atoms with van der Waals surface area (Å²) in [5.74, 6) is -0.302. The lowest BCUT2D eigenvalue weighted by Crippen LogP contribution is -2.34. The van der Waals surface area contributed by atoms with Gasteiger partial charge in [0.2, 0.25) is 0 Å². The number of carbonyl (C=O) groups excluding carboxylic acids is 1. The minimum atomic E-state index is -3.83. The first-order valence-corrected chi connectivity index (χ1v) is 8.38. The largest absolute Gasteiger partial charge is 0.347 e. The number of hydrogen-bond donors (Lipinski definition) is 1. The number of benzene rings is 1. The third-order valence-electron chi connectivity index (χ3n) is 2.88. The van der Waals surface area contributed by atoms with E-state index >= 15 is 0 Å². The fourth-order valence-corrected chi connectivity index (χ4v) is 2.69. The molecule has 0 radical (unpaired) electrons. The van der Waals surface area contributed by atoms with Crippen molar-refractivity contribution in [1.82, 2.24) is 5.32 Å². The number of amides is 1. The van der Waals surface area contributed by atoms with Crippen LogP contribution in [0.15, 0.2) is 27.6 Å². The van der Waals surface area contributed by atoms with E-state index in [1.807, 2.05) is 6.92 Å². The summed E-state index contributed by atoms with van der Waals surface area (Å²) in [5.41, 5.74) is 0.108. The molecule has 0 atom stereocenters. The normalized spacial score (nSPS) is 17.3. The van der Waals surface area contributed by atoms with Crippen LogP contribution in [0.3, 0.4) is 0 Å². The Morgan fingerprint density at radius 2 is 2.06 bits per heavy atom. The Hall–Kier alpha value is -0.590. The first-order chi connectivity index (χ1) is 8.21. The molecule has 18 heavy (non-hydrogen) atoms. The van der Waals surface area contributed by atoms with Crippen molar-refractivity contribution in [2.24, 2.45) is 0 Å². The van der Waals surface area contributed by atoms with E-state index in [9.17, 15) is 13.2 Å². The summed E-state index contributed by atoms with van der Waals surface area (Å²) < 4.78 is 23.0. The van der Waals surface area contributed by atoms with E-state index in [2.05, 4.69) is 21.2 Å². The van der Waals surface area contributed by atoms with Crippen molar-refractivity contribution >= 4 is 41.6 Å². The highest BCUT2D eigenvalue weighted by atomic mass is 79.9. The lowest BCUT2D eigenvalue weighted by Gasteiger charge is -2.12. The fraction of sp³-hybridized carbons (Fsp3) is 0.364. The Balaban J connectivity index is 2.34. The van der Waals surface area contributed by atoms with Crippen LogP contribution in [0.5, 0.6) is 0 Å². The lowest BCUT2D eigenvalue weighted by molar-refractivity contribution is 0.0934. The van der Waals surface area contributed by atoms with Crippen LogP contribution in [0.2, 0.25) is 0 Å². The van der Waals surface area contributed by atoms with Crippen LogP contribution in [-0.2, 0) is 9.05 Å². The molecule has 1 fully saturated rings. The molecule has 1 saturated carbocycles. The van der Waals surface area contributed by atoms with Gasteiger partial charge in [0.05, 0.1) is 10.5 Å². The van der Waals surface area contributed by atoms with Gasteiger partial charge in [-0.2, -0.15) is 0 Å². The second-order valence-electron chi connectivity index (χ2n) is 4.59. The van der Waals surface area contributed by atoms with Crippen molar-refractivity contribution in [1.29, 1.82) is 0 Å². The molecule has 7 heteroatoms. The molecule has 0 bridgehead atoms.